The van der Waals surface area contributed by atoms with E-state index < -0.39 is 6.03 Å². The Balaban J connectivity index is 1.43. The monoisotopic (exact) mass is 427 g/mol. The van der Waals surface area contributed by atoms with Crippen LogP contribution in [0, 0.1) is 13.8 Å². The number of benzene rings is 2. The number of carbonyl (C=O) groups excluding carboxylic acids is 2. The van der Waals surface area contributed by atoms with Crippen molar-refractivity contribution in [2.24, 2.45) is 0 Å². The standard InChI is InChI=1S/C20H21N5O2S2/c1-13-7-6-10-16(14(13)2)22-19-24-25-20(29-19)28-12-17(26)23-18(27)21-11-15-8-4-3-5-9-15/h3-10H,11-12H2,1-2H3,(H,22,24)(H2,21,23,26,27). The first kappa shape index (κ1) is 20.8. The molecule has 9 heteroatoms. The molecule has 0 aliphatic heterocycles. The van der Waals surface area contributed by atoms with E-state index >= 15 is 0 Å². The van der Waals surface area contributed by atoms with Crippen LogP contribution in [0.15, 0.2) is 52.9 Å². The van der Waals surface area contributed by atoms with Crippen molar-refractivity contribution in [1.82, 2.24) is 20.8 Å². The number of aryl methyl sites for hydroxylation is 1. The zero-order valence-corrected chi connectivity index (χ0v) is 17.7. The molecule has 0 atom stereocenters. The minimum Gasteiger partial charge on any atom is -0.334 e. The lowest BCUT2D eigenvalue weighted by atomic mass is 10.1. The third-order valence-corrected chi connectivity index (χ3v) is 6.10. The number of rotatable bonds is 7. The van der Waals surface area contributed by atoms with Crippen LogP contribution in [0.2, 0.25) is 0 Å². The van der Waals surface area contributed by atoms with Crippen molar-refractivity contribution in [1.29, 1.82) is 0 Å². The molecule has 2 aromatic carbocycles. The van der Waals surface area contributed by atoms with Gasteiger partial charge in [-0.1, -0.05) is 65.6 Å². The average Bonchev–Trinajstić information content (AvgIpc) is 3.17. The molecule has 0 unspecified atom stereocenters. The lowest BCUT2D eigenvalue weighted by molar-refractivity contribution is -0.117. The number of hydrogen-bond acceptors (Lipinski definition) is 7. The van der Waals surface area contributed by atoms with Crippen LogP contribution in [0.1, 0.15) is 16.7 Å². The highest BCUT2D eigenvalue weighted by Crippen LogP contribution is 2.29. The summed E-state index contributed by atoms with van der Waals surface area (Å²) in [7, 11) is 0. The maximum Gasteiger partial charge on any atom is 0.321 e. The van der Waals surface area contributed by atoms with E-state index in [0.717, 1.165) is 16.8 Å². The number of anilines is 2. The Morgan fingerprint density at radius 1 is 1.03 bits per heavy atom. The molecule has 0 aliphatic rings. The van der Waals surface area contributed by atoms with Crippen LogP contribution >= 0.6 is 23.1 Å². The normalized spacial score (nSPS) is 10.4. The molecule has 3 rings (SSSR count). The van der Waals surface area contributed by atoms with Crippen molar-refractivity contribution in [2.45, 2.75) is 24.7 Å². The molecule has 0 radical (unpaired) electrons. The fourth-order valence-electron chi connectivity index (χ4n) is 2.43. The molecule has 150 valence electrons. The van der Waals surface area contributed by atoms with Gasteiger partial charge in [0.15, 0.2) is 4.34 Å². The van der Waals surface area contributed by atoms with Crippen molar-refractivity contribution in [3.8, 4) is 0 Å². The quantitative estimate of drug-likeness (QED) is 0.493. The molecule has 1 aromatic heterocycles. The average molecular weight is 428 g/mol. The van der Waals surface area contributed by atoms with E-state index in [0.29, 0.717) is 16.0 Å². The number of amides is 3. The number of nitrogens with zero attached hydrogens (tertiary/aromatic N) is 2. The van der Waals surface area contributed by atoms with E-state index in [2.05, 4.69) is 39.1 Å². The maximum atomic E-state index is 12.0. The van der Waals surface area contributed by atoms with Gasteiger partial charge in [-0.2, -0.15) is 0 Å². The minimum absolute atomic E-state index is 0.0802. The molecular weight excluding hydrogens is 406 g/mol. The smallest absolute Gasteiger partial charge is 0.321 e. The van der Waals surface area contributed by atoms with E-state index in [9.17, 15) is 9.59 Å². The second-order valence-corrected chi connectivity index (χ2v) is 8.45. The van der Waals surface area contributed by atoms with Crippen molar-refractivity contribution >= 4 is 45.9 Å². The lowest BCUT2D eigenvalue weighted by Crippen LogP contribution is -2.39. The zero-order chi connectivity index (χ0) is 20.6. The topological polar surface area (TPSA) is 96.0 Å². The first-order valence-corrected chi connectivity index (χ1v) is 10.7. The summed E-state index contributed by atoms with van der Waals surface area (Å²) in [6.07, 6.45) is 0. The summed E-state index contributed by atoms with van der Waals surface area (Å²) in [6.45, 7) is 4.45. The maximum absolute atomic E-state index is 12.0. The number of aromatic nitrogens is 2. The summed E-state index contributed by atoms with van der Waals surface area (Å²) < 4.78 is 0.651. The van der Waals surface area contributed by atoms with Gasteiger partial charge in [-0.05, 0) is 36.6 Å². The summed E-state index contributed by atoms with van der Waals surface area (Å²) >= 11 is 2.60. The molecule has 29 heavy (non-hydrogen) atoms. The Hall–Kier alpha value is -2.91. The van der Waals surface area contributed by atoms with Crippen LogP contribution in [-0.2, 0) is 11.3 Å². The second-order valence-electron chi connectivity index (χ2n) is 6.25. The molecule has 1 heterocycles. The fourth-order valence-corrected chi connectivity index (χ4v) is 4.00. The van der Waals surface area contributed by atoms with Gasteiger partial charge in [-0.3, -0.25) is 10.1 Å². The number of nitrogens with one attached hydrogen (secondary N) is 3. The molecule has 0 saturated carbocycles. The highest BCUT2D eigenvalue weighted by Gasteiger charge is 2.11. The molecule has 3 N–H and O–H groups in total. The Labute approximate surface area is 177 Å². The Kier molecular flexibility index (Phi) is 7.20. The second kappa shape index (κ2) is 10.0. The van der Waals surface area contributed by atoms with Crippen molar-refractivity contribution in [3.63, 3.8) is 0 Å². The third-order valence-electron chi connectivity index (χ3n) is 4.13. The van der Waals surface area contributed by atoms with Crippen LogP contribution in [0.4, 0.5) is 15.6 Å². The van der Waals surface area contributed by atoms with Crippen LogP contribution < -0.4 is 16.0 Å². The SMILES string of the molecule is Cc1cccc(Nc2nnc(SCC(=O)NC(=O)NCc3ccccc3)s2)c1C. The molecule has 7 nitrogen and oxygen atoms in total. The van der Waals surface area contributed by atoms with Gasteiger partial charge in [-0.15, -0.1) is 10.2 Å². The summed E-state index contributed by atoms with van der Waals surface area (Å²) in [5.74, 6) is -0.309. The van der Waals surface area contributed by atoms with Crippen molar-refractivity contribution in [2.75, 3.05) is 11.1 Å². The molecule has 0 saturated heterocycles. The lowest BCUT2D eigenvalue weighted by Gasteiger charge is -2.08. The van der Waals surface area contributed by atoms with Gasteiger partial charge in [0.05, 0.1) is 5.75 Å². The van der Waals surface area contributed by atoms with Crippen molar-refractivity contribution < 1.29 is 9.59 Å². The first-order valence-electron chi connectivity index (χ1n) is 8.92. The predicted octanol–water partition coefficient (Wildman–Crippen LogP) is 4.02. The van der Waals surface area contributed by atoms with Gasteiger partial charge in [0.2, 0.25) is 11.0 Å². The van der Waals surface area contributed by atoms with E-state index in [4.69, 9.17) is 0 Å². The molecule has 0 spiro atoms. The Bertz CT molecular complexity index is 992. The number of carbonyl (C=O) groups is 2. The summed E-state index contributed by atoms with van der Waals surface area (Å²) in [5, 5.41) is 17.1. The van der Waals surface area contributed by atoms with Crippen LogP contribution in [0.3, 0.4) is 0 Å². The minimum atomic E-state index is -0.519. The van der Waals surface area contributed by atoms with Crippen molar-refractivity contribution in [3.05, 3.63) is 65.2 Å². The van der Waals surface area contributed by atoms with Gasteiger partial charge in [-0.25, -0.2) is 4.79 Å². The van der Waals surface area contributed by atoms with Gasteiger partial charge in [0, 0.05) is 12.2 Å². The summed E-state index contributed by atoms with van der Waals surface area (Å²) in [4.78, 5) is 23.8. The molecule has 3 aromatic rings. The van der Waals surface area contributed by atoms with Crippen LogP contribution in [-0.4, -0.2) is 27.9 Å². The zero-order valence-electron chi connectivity index (χ0n) is 16.1. The largest absolute Gasteiger partial charge is 0.334 e. The van der Waals surface area contributed by atoms with Crippen LogP contribution in [0.5, 0.6) is 0 Å². The highest BCUT2D eigenvalue weighted by molar-refractivity contribution is 8.01. The van der Waals surface area contributed by atoms with E-state index in [1.54, 1.807) is 0 Å². The first-order chi connectivity index (χ1) is 14.0. The molecule has 0 aliphatic carbocycles. The van der Waals surface area contributed by atoms with Gasteiger partial charge in [0.1, 0.15) is 0 Å². The van der Waals surface area contributed by atoms with Crippen LogP contribution in [0.25, 0.3) is 0 Å². The van der Waals surface area contributed by atoms with E-state index in [1.807, 2.05) is 49.4 Å². The molecule has 3 amide bonds. The van der Waals surface area contributed by atoms with Gasteiger partial charge >= 0.3 is 6.03 Å². The summed E-state index contributed by atoms with van der Waals surface area (Å²) in [6, 6.07) is 15.0. The Morgan fingerprint density at radius 3 is 2.62 bits per heavy atom. The van der Waals surface area contributed by atoms with Gasteiger partial charge in [0.25, 0.3) is 0 Å². The number of hydrogen-bond donors (Lipinski definition) is 3. The highest BCUT2D eigenvalue weighted by atomic mass is 32.2. The number of urea groups is 1. The fraction of sp³-hybridized carbons (Fsp3) is 0.200. The number of thioether (sulfide) groups is 1. The Morgan fingerprint density at radius 2 is 1.83 bits per heavy atom. The predicted molar refractivity (Wildman–Crippen MR) is 117 cm³/mol. The number of imide groups is 1. The molecule has 0 bridgehead atoms. The van der Waals surface area contributed by atoms with Gasteiger partial charge < -0.3 is 10.6 Å². The van der Waals surface area contributed by atoms with E-state index in [1.165, 1.54) is 28.7 Å². The molecule has 0 fully saturated rings. The molecular formula is C20H21N5O2S2. The van der Waals surface area contributed by atoms with E-state index in [-0.39, 0.29) is 11.7 Å². The summed E-state index contributed by atoms with van der Waals surface area (Å²) in [5.41, 5.74) is 4.28. The third kappa shape index (κ3) is 6.30.